The molecule has 3 N–H and O–H groups in total. The summed E-state index contributed by atoms with van der Waals surface area (Å²) >= 11 is 0. The molecule has 13 heteroatoms. The maximum Gasteiger partial charge on any atom is 0.327 e. The molecule has 0 radical (unpaired) electrons. The van der Waals surface area contributed by atoms with Crippen molar-refractivity contribution in [2.24, 2.45) is 5.41 Å². The maximum atomic E-state index is 14.3. The second-order valence-electron chi connectivity index (χ2n) is 11.7. The van der Waals surface area contributed by atoms with Gasteiger partial charge in [0, 0.05) is 45.2 Å². The highest BCUT2D eigenvalue weighted by Crippen LogP contribution is 2.55. The average Bonchev–Trinajstić information content (AvgIpc) is 3.67. The lowest BCUT2D eigenvalue weighted by atomic mass is 9.62. The van der Waals surface area contributed by atoms with Crippen molar-refractivity contribution in [3.63, 3.8) is 0 Å². The molecule has 0 unspecified atom stereocenters. The van der Waals surface area contributed by atoms with Crippen molar-refractivity contribution in [1.29, 1.82) is 0 Å². The van der Waals surface area contributed by atoms with Crippen LogP contribution in [0.15, 0.2) is 54.6 Å². The van der Waals surface area contributed by atoms with Gasteiger partial charge >= 0.3 is 5.97 Å². The summed E-state index contributed by atoms with van der Waals surface area (Å²) in [6, 6.07) is 13.2. The molecule has 45 heavy (non-hydrogen) atoms. The van der Waals surface area contributed by atoms with Crippen LogP contribution in [0.25, 0.3) is 6.08 Å². The number of hydrogen-bond acceptors (Lipinski definition) is 10. The van der Waals surface area contributed by atoms with E-state index in [1.54, 1.807) is 44.4 Å². The van der Waals surface area contributed by atoms with E-state index in [4.69, 9.17) is 24.2 Å². The number of benzene rings is 2. The first-order valence-corrected chi connectivity index (χ1v) is 14.8. The molecule has 6 rings (SSSR count). The van der Waals surface area contributed by atoms with Crippen LogP contribution in [0.2, 0.25) is 0 Å². The number of carbonyl (C=O) groups is 4. The molecule has 0 spiro atoms. The highest BCUT2D eigenvalue weighted by atomic mass is 16.8. The van der Waals surface area contributed by atoms with Crippen molar-refractivity contribution in [1.82, 2.24) is 20.6 Å². The molecule has 4 aliphatic rings. The Balaban J connectivity index is 1.28. The fourth-order valence-electron chi connectivity index (χ4n) is 6.59. The third kappa shape index (κ3) is 5.73. The third-order valence-electron chi connectivity index (χ3n) is 8.76. The van der Waals surface area contributed by atoms with Gasteiger partial charge in [0.1, 0.15) is 36.6 Å². The van der Waals surface area contributed by atoms with Gasteiger partial charge in [-0.1, -0.05) is 36.4 Å². The van der Waals surface area contributed by atoms with Crippen LogP contribution in [0.5, 0.6) is 0 Å². The van der Waals surface area contributed by atoms with Crippen molar-refractivity contribution in [2.45, 2.75) is 50.0 Å². The van der Waals surface area contributed by atoms with Crippen LogP contribution >= 0.6 is 0 Å². The fourth-order valence-corrected chi connectivity index (χ4v) is 6.59. The van der Waals surface area contributed by atoms with Crippen molar-refractivity contribution in [2.75, 3.05) is 34.0 Å². The summed E-state index contributed by atoms with van der Waals surface area (Å²) in [5.41, 5.74) is 1.27. The van der Waals surface area contributed by atoms with Crippen LogP contribution in [0.1, 0.15) is 33.5 Å². The zero-order valence-electron chi connectivity index (χ0n) is 25.0. The molecule has 3 heterocycles. The van der Waals surface area contributed by atoms with E-state index in [-0.39, 0.29) is 51.3 Å². The minimum Gasteiger partial charge on any atom is -0.458 e. The lowest BCUT2D eigenvalue weighted by molar-refractivity contribution is -0.201. The summed E-state index contributed by atoms with van der Waals surface area (Å²) in [5.74, 6) is -1.49. The van der Waals surface area contributed by atoms with Crippen LogP contribution in [-0.4, -0.2) is 103 Å². The normalized spacial score (nSPS) is 28.4. The number of ether oxygens (including phenoxy) is 3. The predicted octanol–water partition coefficient (Wildman–Crippen LogP) is 0.368. The number of fused-ring (bicyclic) bond motifs is 4. The average molecular weight is 621 g/mol. The van der Waals surface area contributed by atoms with E-state index in [0.717, 1.165) is 11.1 Å². The molecule has 3 amide bonds. The van der Waals surface area contributed by atoms with Crippen molar-refractivity contribution in [3.8, 4) is 0 Å². The Morgan fingerprint density at radius 3 is 2.69 bits per heavy atom. The van der Waals surface area contributed by atoms with Gasteiger partial charge in [-0.3, -0.25) is 24.0 Å². The smallest absolute Gasteiger partial charge is 0.327 e. The minimum atomic E-state index is -1.34. The van der Waals surface area contributed by atoms with Gasteiger partial charge in [0.2, 0.25) is 11.8 Å². The summed E-state index contributed by atoms with van der Waals surface area (Å²) < 4.78 is 17.5. The highest BCUT2D eigenvalue weighted by Gasteiger charge is 2.74. The molecule has 3 saturated heterocycles. The van der Waals surface area contributed by atoms with Crippen molar-refractivity contribution in [3.05, 3.63) is 76.9 Å². The molecular formula is C32H36N4O9. The van der Waals surface area contributed by atoms with Gasteiger partial charge in [0.05, 0.1) is 13.2 Å². The molecule has 2 bridgehead atoms. The number of hydroxylamine groups is 2. The number of aliphatic hydroxyl groups is 1. The monoisotopic (exact) mass is 620 g/mol. The Morgan fingerprint density at radius 1 is 1.09 bits per heavy atom. The molecular weight excluding hydrogens is 584 g/mol. The van der Waals surface area contributed by atoms with Gasteiger partial charge in [-0.2, -0.15) is 5.06 Å². The minimum absolute atomic E-state index is 0.00964. The van der Waals surface area contributed by atoms with Gasteiger partial charge < -0.3 is 34.9 Å². The second-order valence-corrected chi connectivity index (χ2v) is 11.7. The molecule has 2 aromatic rings. The first kappa shape index (κ1) is 30.9. The number of esters is 1. The van der Waals surface area contributed by atoms with Crippen molar-refractivity contribution >= 4 is 29.8 Å². The molecule has 0 aromatic heterocycles. The van der Waals surface area contributed by atoms with E-state index >= 15 is 0 Å². The van der Waals surface area contributed by atoms with Gasteiger partial charge in [-0.05, 0) is 34.9 Å². The lowest BCUT2D eigenvalue weighted by Gasteiger charge is -2.48. The topological polar surface area (TPSA) is 156 Å². The zero-order valence-corrected chi connectivity index (χ0v) is 25.0. The SMILES string of the molecule is CN(C)C(=O)C=Cc1ccccc1CN1O[C@@H]2[C@H]3OCO[C@H]3[C@@H]3C[C@]2(C(=O)NCc2cccc(C(=O)NCCO)c2)[C@@H]1C(=O)O3. The predicted molar refractivity (Wildman–Crippen MR) is 158 cm³/mol. The molecule has 3 aliphatic heterocycles. The van der Waals surface area contributed by atoms with Crippen LogP contribution in [-0.2, 0) is 46.5 Å². The van der Waals surface area contributed by atoms with Crippen LogP contribution in [0.3, 0.4) is 0 Å². The second kappa shape index (κ2) is 12.7. The molecule has 2 aromatic carbocycles. The Kier molecular flexibility index (Phi) is 8.71. The number of aliphatic hydroxyl groups excluding tert-OH is 1. The van der Waals surface area contributed by atoms with E-state index < -0.39 is 47.7 Å². The van der Waals surface area contributed by atoms with Gasteiger partial charge in [-0.15, -0.1) is 0 Å². The van der Waals surface area contributed by atoms with Gasteiger partial charge in [0.25, 0.3) is 5.91 Å². The summed E-state index contributed by atoms with van der Waals surface area (Å²) in [5, 5.41) is 16.1. The van der Waals surface area contributed by atoms with Crippen LogP contribution in [0.4, 0.5) is 0 Å². The van der Waals surface area contributed by atoms with E-state index in [1.165, 1.54) is 16.0 Å². The quantitative estimate of drug-likeness (QED) is 0.251. The van der Waals surface area contributed by atoms with E-state index in [2.05, 4.69) is 10.6 Å². The number of amides is 3. The summed E-state index contributed by atoms with van der Waals surface area (Å²) in [7, 11) is 3.33. The standard InChI is InChI=1S/C32H36N4O9/c1-35(2)24(38)11-10-20-7-3-4-8-22(20)17-36-27-30(40)44-23-15-32(27,28(45-36)26-25(23)42-18-43-26)31(41)34-16-19-6-5-9-21(14-19)29(39)33-12-13-37/h3-11,14,23,25-28,37H,12-13,15-18H2,1-2H3,(H,33,39)(H,34,41)/t23-,25-,26-,27-,28+,32-/m0/s1. The van der Waals surface area contributed by atoms with Crippen LogP contribution < -0.4 is 10.6 Å². The van der Waals surface area contributed by atoms with E-state index in [1.807, 2.05) is 24.3 Å². The number of nitrogens with one attached hydrogen (secondary N) is 2. The zero-order chi connectivity index (χ0) is 31.7. The highest BCUT2D eigenvalue weighted by molar-refractivity contribution is 5.95. The summed E-state index contributed by atoms with van der Waals surface area (Å²) in [6.45, 7) is 0.172. The maximum absolute atomic E-state index is 14.3. The number of rotatable bonds is 10. The molecule has 1 aliphatic carbocycles. The molecule has 6 atom stereocenters. The third-order valence-corrected chi connectivity index (χ3v) is 8.76. The Hall–Kier alpha value is -4.14. The Labute approximate surface area is 260 Å². The lowest BCUT2D eigenvalue weighted by Crippen LogP contribution is -2.69. The molecule has 4 fully saturated rings. The number of carbonyl (C=O) groups excluding carboxylic acids is 4. The van der Waals surface area contributed by atoms with E-state index in [0.29, 0.717) is 11.1 Å². The Bertz CT molecular complexity index is 1510. The van der Waals surface area contributed by atoms with Gasteiger partial charge in [0.15, 0.2) is 6.04 Å². The number of likely N-dealkylation sites (N-methyl/N-ethyl adjacent to an activating group) is 1. The van der Waals surface area contributed by atoms with Crippen molar-refractivity contribution < 1.29 is 43.3 Å². The largest absolute Gasteiger partial charge is 0.458 e. The summed E-state index contributed by atoms with van der Waals surface area (Å²) in [4.78, 5) is 60.5. The fraction of sp³-hybridized carbons (Fsp3) is 0.438. The number of hydrogen-bond donors (Lipinski definition) is 3. The Morgan fingerprint density at radius 2 is 1.89 bits per heavy atom. The van der Waals surface area contributed by atoms with Gasteiger partial charge in [-0.25, -0.2) is 0 Å². The first-order chi connectivity index (χ1) is 21.7. The molecule has 1 saturated carbocycles. The first-order valence-electron chi connectivity index (χ1n) is 14.8. The van der Waals surface area contributed by atoms with E-state index in [9.17, 15) is 19.2 Å². The summed E-state index contributed by atoms with van der Waals surface area (Å²) in [6.07, 6.45) is 0.649. The number of nitrogens with zero attached hydrogens (tertiary/aromatic N) is 2. The molecule has 13 nitrogen and oxygen atoms in total. The van der Waals surface area contributed by atoms with Crippen LogP contribution in [0, 0.1) is 5.41 Å². The molecule has 238 valence electrons.